The van der Waals surface area contributed by atoms with Crippen molar-refractivity contribution in [3.05, 3.63) is 12.2 Å². The minimum Gasteiger partial charge on any atom is -0.118 e. The van der Waals surface area contributed by atoms with E-state index in [1.807, 2.05) is 12.2 Å². The van der Waals surface area contributed by atoms with E-state index in [1.165, 1.54) is 0 Å². The van der Waals surface area contributed by atoms with Gasteiger partial charge < -0.3 is 0 Å². The molecule has 0 rings (SSSR count). The molecule has 0 saturated heterocycles. The summed E-state index contributed by atoms with van der Waals surface area (Å²) in [6.45, 7) is 4.26. The molecule has 12 heavy (non-hydrogen) atoms. The topological polar surface area (TPSA) is 0 Å². The molecule has 0 nitrogen and oxygen atoms in total. The number of halogens is 2. The number of hydrogen-bond acceptors (Lipinski definition) is 0. The Morgan fingerprint density at radius 1 is 0.917 bits per heavy atom. The third-order valence-corrected chi connectivity index (χ3v) is 2.39. The van der Waals surface area contributed by atoms with E-state index in [4.69, 9.17) is 23.2 Å². The molecule has 0 heterocycles. The van der Waals surface area contributed by atoms with Gasteiger partial charge in [0.1, 0.15) is 0 Å². The fraction of sp³-hybridized carbons (Fsp3) is 0.800. The molecule has 0 N–H and O–H groups in total. The monoisotopic (exact) mass is 208 g/mol. The second-order valence-electron chi connectivity index (χ2n) is 2.99. The molecule has 0 aromatic carbocycles. The quantitative estimate of drug-likeness (QED) is 0.450. The van der Waals surface area contributed by atoms with E-state index in [0.717, 1.165) is 25.7 Å². The SMILES string of the molecule is CCCC(Cl)/C=C\C(Cl)CCC. The van der Waals surface area contributed by atoms with Gasteiger partial charge in [0.05, 0.1) is 10.8 Å². The summed E-state index contributed by atoms with van der Waals surface area (Å²) < 4.78 is 0. The summed E-state index contributed by atoms with van der Waals surface area (Å²) in [4.78, 5) is 0. The molecule has 0 aromatic heterocycles. The van der Waals surface area contributed by atoms with Crippen molar-refractivity contribution in [1.29, 1.82) is 0 Å². The fourth-order valence-electron chi connectivity index (χ4n) is 0.985. The lowest BCUT2D eigenvalue weighted by Gasteiger charge is -2.03. The first-order valence-corrected chi connectivity index (χ1v) is 5.54. The van der Waals surface area contributed by atoms with Crippen LogP contribution >= 0.6 is 23.2 Å². The van der Waals surface area contributed by atoms with Gasteiger partial charge in [0.15, 0.2) is 0 Å². The molecule has 2 atom stereocenters. The first kappa shape index (κ1) is 12.3. The van der Waals surface area contributed by atoms with Crippen molar-refractivity contribution < 1.29 is 0 Å². The number of allylic oxidation sites excluding steroid dienone is 2. The van der Waals surface area contributed by atoms with Crippen molar-refractivity contribution in [2.45, 2.75) is 50.3 Å². The lowest BCUT2D eigenvalue weighted by Crippen LogP contribution is -1.96. The summed E-state index contributed by atoms with van der Waals surface area (Å²) in [5, 5.41) is 0.321. The average molecular weight is 209 g/mol. The van der Waals surface area contributed by atoms with Crippen LogP contribution in [-0.4, -0.2) is 10.8 Å². The molecule has 2 heteroatoms. The molecular weight excluding hydrogens is 191 g/mol. The minimum absolute atomic E-state index is 0.160. The smallest absolute Gasteiger partial charge is 0.0516 e. The molecule has 0 aliphatic rings. The van der Waals surface area contributed by atoms with Crippen LogP contribution in [0.25, 0.3) is 0 Å². The van der Waals surface area contributed by atoms with Gasteiger partial charge in [-0.3, -0.25) is 0 Å². The standard InChI is InChI=1S/C10H18Cl2/c1-3-5-9(11)7-8-10(12)6-4-2/h7-10H,3-6H2,1-2H3/b8-7-. The van der Waals surface area contributed by atoms with Gasteiger partial charge in [0, 0.05) is 0 Å². The van der Waals surface area contributed by atoms with Gasteiger partial charge >= 0.3 is 0 Å². The maximum absolute atomic E-state index is 5.98. The van der Waals surface area contributed by atoms with Crippen LogP contribution in [0.1, 0.15) is 39.5 Å². The van der Waals surface area contributed by atoms with E-state index < -0.39 is 0 Å². The molecule has 0 spiro atoms. The largest absolute Gasteiger partial charge is 0.118 e. The predicted octanol–water partition coefficient (Wildman–Crippen LogP) is 4.36. The van der Waals surface area contributed by atoms with Crippen LogP contribution in [0.4, 0.5) is 0 Å². The van der Waals surface area contributed by atoms with E-state index in [0.29, 0.717) is 0 Å². The summed E-state index contributed by atoms with van der Waals surface area (Å²) in [5.74, 6) is 0. The summed E-state index contributed by atoms with van der Waals surface area (Å²) in [5.41, 5.74) is 0. The predicted molar refractivity (Wildman–Crippen MR) is 58.2 cm³/mol. The highest BCUT2D eigenvalue weighted by atomic mass is 35.5. The molecule has 2 unspecified atom stereocenters. The minimum atomic E-state index is 0.160. The second kappa shape index (κ2) is 7.94. The molecule has 0 fully saturated rings. The average Bonchev–Trinajstić information content (AvgIpc) is 2.02. The van der Waals surface area contributed by atoms with Crippen LogP contribution < -0.4 is 0 Å². The van der Waals surface area contributed by atoms with Gasteiger partial charge in [-0.05, 0) is 12.8 Å². The Balaban J connectivity index is 3.57. The van der Waals surface area contributed by atoms with E-state index in [2.05, 4.69) is 13.8 Å². The molecule has 0 radical (unpaired) electrons. The van der Waals surface area contributed by atoms with Crippen LogP contribution in [0.3, 0.4) is 0 Å². The van der Waals surface area contributed by atoms with Gasteiger partial charge in [0.25, 0.3) is 0 Å². The maximum Gasteiger partial charge on any atom is 0.0516 e. The van der Waals surface area contributed by atoms with Gasteiger partial charge in [0.2, 0.25) is 0 Å². The Bertz CT molecular complexity index is 107. The van der Waals surface area contributed by atoms with Gasteiger partial charge in [-0.15, -0.1) is 23.2 Å². The molecule has 0 aromatic rings. The van der Waals surface area contributed by atoms with E-state index in [1.54, 1.807) is 0 Å². The number of hydrogen-bond donors (Lipinski definition) is 0. The van der Waals surface area contributed by atoms with E-state index in [-0.39, 0.29) is 10.8 Å². The molecule has 72 valence electrons. The number of rotatable bonds is 6. The summed E-state index contributed by atoms with van der Waals surface area (Å²) in [6.07, 6.45) is 8.34. The lowest BCUT2D eigenvalue weighted by atomic mass is 10.2. The third-order valence-electron chi connectivity index (χ3n) is 1.66. The summed E-state index contributed by atoms with van der Waals surface area (Å²) in [6, 6.07) is 0. The normalized spacial score (nSPS) is 16.7. The fourth-order valence-corrected chi connectivity index (χ4v) is 1.59. The van der Waals surface area contributed by atoms with Gasteiger partial charge in [-0.25, -0.2) is 0 Å². The Morgan fingerprint density at radius 2 is 1.25 bits per heavy atom. The van der Waals surface area contributed by atoms with Crippen LogP contribution in [0.2, 0.25) is 0 Å². The zero-order chi connectivity index (χ0) is 9.40. The third kappa shape index (κ3) is 7.00. The highest BCUT2D eigenvalue weighted by Crippen LogP contribution is 2.11. The first-order valence-electron chi connectivity index (χ1n) is 4.67. The Morgan fingerprint density at radius 3 is 1.50 bits per heavy atom. The molecular formula is C10H18Cl2. The van der Waals surface area contributed by atoms with Gasteiger partial charge in [-0.1, -0.05) is 38.8 Å². The Hall–Kier alpha value is 0.320. The van der Waals surface area contributed by atoms with Crippen LogP contribution in [0.15, 0.2) is 12.2 Å². The number of alkyl halides is 2. The molecule has 0 amide bonds. The van der Waals surface area contributed by atoms with Crippen LogP contribution in [0.5, 0.6) is 0 Å². The highest BCUT2D eigenvalue weighted by Gasteiger charge is 2.00. The van der Waals surface area contributed by atoms with E-state index >= 15 is 0 Å². The van der Waals surface area contributed by atoms with Crippen LogP contribution in [-0.2, 0) is 0 Å². The Labute approximate surface area is 85.9 Å². The molecule has 0 saturated carbocycles. The van der Waals surface area contributed by atoms with Crippen molar-refractivity contribution in [2.75, 3.05) is 0 Å². The van der Waals surface area contributed by atoms with Crippen molar-refractivity contribution in [3.8, 4) is 0 Å². The second-order valence-corrected chi connectivity index (χ2v) is 4.12. The Kier molecular flexibility index (Phi) is 8.15. The summed E-state index contributed by atoms with van der Waals surface area (Å²) >= 11 is 12.0. The lowest BCUT2D eigenvalue weighted by molar-refractivity contribution is 0.800. The molecule has 0 bridgehead atoms. The molecule has 0 aliphatic carbocycles. The maximum atomic E-state index is 5.98. The summed E-state index contributed by atoms with van der Waals surface area (Å²) in [7, 11) is 0. The molecule has 0 aliphatic heterocycles. The highest BCUT2D eigenvalue weighted by molar-refractivity contribution is 6.23. The van der Waals surface area contributed by atoms with Crippen LogP contribution in [0, 0.1) is 0 Å². The zero-order valence-electron chi connectivity index (χ0n) is 7.89. The zero-order valence-corrected chi connectivity index (χ0v) is 9.41. The van der Waals surface area contributed by atoms with Crippen molar-refractivity contribution in [2.24, 2.45) is 0 Å². The first-order chi connectivity index (χ1) is 5.70. The van der Waals surface area contributed by atoms with Crippen molar-refractivity contribution in [3.63, 3.8) is 0 Å². The van der Waals surface area contributed by atoms with Crippen molar-refractivity contribution in [1.82, 2.24) is 0 Å². The van der Waals surface area contributed by atoms with E-state index in [9.17, 15) is 0 Å². The van der Waals surface area contributed by atoms with Crippen molar-refractivity contribution >= 4 is 23.2 Å². The van der Waals surface area contributed by atoms with Gasteiger partial charge in [-0.2, -0.15) is 0 Å².